The van der Waals surface area contributed by atoms with Gasteiger partial charge in [-0.15, -0.1) is 0 Å². The molecule has 0 spiro atoms. The molecule has 0 radical (unpaired) electrons. The van der Waals surface area contributed by atoms with Gasteiger partial charge in [-0.1, -0.05) is 0 Å². The number of rotatable bonds is 4. The minimum atomic E-state index is -0.0246. The van der Waals surface area contributed by atoms with Crippen molar-refractivity contribution < 1.29 is 4.79 Å². The van der Waals surface area contributed by atoms with Gasteiger partial charge >= 0.3 is 0 Å². The average Bonchev–Trinajstić information content (AvgIpc) is 2.97. The van der Waals surface area contributed by atoms with Crippen LogP contribution in [0.1, 0.15) is 26.7 Å². The summed E-state index contributed by atoms with van der Waals surface area (Å²) in [6, 6.07) is 13.8. The second-order valence-corrected chi connectivity index (χ2v) is 10.0. The smallest absolute Gasteiger partial charge is 0.227 e. The first-order chi connectivity index (χ1) is 18.6. The fourth-order valence-electron chi connectivity index (χ4n) is 5.44. The molecular weight excluding hydrogens is 494 g/mol. The van der Waals surface area contributed by atoms with Gasteiger partial charge in [-0.3, -0.25) is 14.8 Å². The second kappa shape index (κ2) is 10.1. The van der Waals surface area contributed by atoms with Crippen LogP contribution in [0.5, 0.6) is 0 Å². The van der Waals surface area contributed by atoms with Crippen LogP contribution < -0.4 is 5.32 Å². The molecule has 6 rings (SSSR count). The van der Waals surface area contributed by atoms with E-state index in [1.807, 2.05) is 61.2 Å². The van der Waals surface area contributed by atoms with Crippen molar-refractivity contribution in [2.75, 3.05) is 31.5 Å². The highest BCUT2D eigenvalue weighted by Crippen LogP contribution is 2.32. The van der Waals surface area contributed by atoms with Gasteiger partial charge in [-0.05, 0) is 81.4 Å². The molecule has 8 nitrogen and oxygen atoms in total. The van der Waals surface area contributed by atoms with Crippen LogP contribution in [0.3, 0.4) is 0 Å². The van der Waals surface area contributed by atoms with Crippen molar-refractivity contribution in [3.63, 3.8) is 0 Å². The number of carbonyl (C=O) groups is 1. The Kier molecular flexibility index (Phi) is 6.45. The fraction of sp³-hybridized carbons (Fsp3) is 0.310. The van der Waals surface area contributed by atoms with E-state index in [1.54, 1.807) is 12.4 Å². The van der Waals surface area contributed by atoms with Gasteiger partial charge in [0, 0.05) is 55.0 Å². The van der Waals surface area contributed by atoms with Gasteiger partial charge < -0.3 is 15.1 Å². The summed E-state index contributed by atoms with van der Waals surface area (Å²) in [6.07, 6.45) is 5.40. The van der Waals surface area contributed by atoms with Gasteiger partial charge in [0.1, 0.15) is 0 Å². The molecule has 192 valence electrons. The molecule has 4 heterocycles. The molecule has 1 amide bonds. The van der Waals surface area contributed by atoms with Crippen LogP contribution in [0, 0.1) is 5.92 Å². The minimum Gasteiger partial charge on any atom is -0.348 e. The number of hydrogen-bond acceptors (Lipinski definition) is 6. The summed E-state index contributed by atoms with van der Waals surface area (Å²) in [5.41, 5.74) is 5.67. The maximum atomic E-state index is 12.9. The first-order valence-electron chi connectivity index (χ1n) is 13.1. The van der Waals surface area contributed by atoms with E-state index in [9.17, 15) is 4.79 Å². The van der Waals surface area contributed by atoms with Gasteiger partial charge in [0.15, 0.2) is 5.11 Å². The maximum Gasteiger partial charge on any atom is 0.227 e. The number of benzene rings is 2. The Labute approximate surface area is 226 Å². The summed E-state index contributed by atoms with van der Waals surface area (Å²) >= 11 is 5.77. The Morgan fingerprint density at radius 1 is 0.974 bits per heavy atom. The number of aromatic nitrogens is 4. The van der Waals surface area contributed by atoms with Crippen LogP contribution in [0.4, 0.5) is 5.69 Å². The van der Waals surface area contributed by atoms with Crippen LogP contribution in [-0.2, 0) is 4.79 Å². The predicted molar refractivity (Wildman–Crippen MR) is 156 cm³/mol. The van der Waals surface area contributed by atoms with Gasteiger partial charge in [0.2, 0.25) is 5.91 Å². The van der Waals surface area contributed by atoms with E-state index < -0.39 is 0 Å². The first kappa shape index (κ1) is 24.4. The van der Waals surface area contributed by atoms with E-state index in [1.165, 1.54) is 0 Å². The number of pyridine rings is 2. The number of piperidine rings is 1. The standard InChI is InChI=1S/C29H29N7OS/c1-3-35(4-2)28(37)18-8-7-15-36(17-18)29(38)32-19-11-12-22-23(16-19)34-27-21-10-6-14-31-25(21)24-20(26(27)33-22)9-5-13-30-24/h5-6,9-14,16,18H,3-4,7-8,15,17H2,1-2H3,(H,32,38)/t18-/m0/s1. The molecule has 1 aliphatic rings. The molecule has 1 atom stereocenters. The molecule has 5 aromatic rings. The normalized spacial score (nSPS) is 15.8. The van der Waals surface area contributed by atoms with Crippen molar-refractivity contribution in [2.45, 2.75) is 26.7 Å². The lowest BCUT2D eigenvalue weighted by molar-refractivity contribution is -0.136. The predicted octanol–water partition coefficient (Wildman–Crippen LogP) is 5.16. The van der Waals surface area contributed by atoms with Crippen molar-refractivity contribution in [1.82, 2.24) is 29.7 Å². The quantitative estimate of drug-likeness (QED) is 0.196. The molecule has 1 aliphatic heterocycles. The van der Waals surface area contributed by atoms with Gasteiger partial charge in [0.05, 0.1) is 39.0 Å². The van der Waals surface area contributed by atoms with Gasteiger partial charge in [-0.2, -0.15) is 0 Å². The van der Waals surface area contributed by atoms with Crippen LogP contribution in [0.25, 0.3) is 43.9 Å². The third-order valence-electron chi connectivity index (χ3n) is 7.40. The highest BCUT2D eigenvalue weighted by Gasteiger charge is 2.29. The molecule has 3 aromatic heterocycles. The zero-order chi connectivity index (χ0) is 26.2. The van der Waals surface area contributed by atoms with Crippen molar-refractivity contribution in [1.29, 1.82) is 0 Å². The molecule has 9 heteroatoms. The number of carbonyl (C=O) groups excluding carboxylic acids is 1. The van der Waals surface area contributed by atoms with Crippen LogP contribution in [0.2, 0.25) is 0 Å². The summed E-state index contributed by atoms with van der Waals surface area (Å²) in [5.74, 6) is 0.197. The SMILES string of the molecule is CCN(CC)C(=O)[C@H]1CCCN(C(=S)Nc2ccc3nc4c5cccnc5c5ncccc5c4nc3c2)C1. The van der Waals surface area contributed by atoms with E-state index in [0.29, 0.717) is 11.7 Å². The number of thiocarbonyl (C=S) groups is 1. The Balaban J connectivity index is 1.32. The molecule has 0 saturated carbocycles. The molecule has 1 N–H and O–H groups in total. The molecular formula is C29H29N7OS. The summed E-state index contributed by atoms with van der Waals surface area (Å²) in [6.45, 7) is 7.00. The zero-order valence-corrected chi connectivity index (χ0v) is 22.3. The Hall–Kier alpha value is -3.98. The van der Waals surface area contributed by atoms with Gasteiger partial charge in [0.25, 0.3) is 0 Å². The number of hydrogen-bond donors (Lipinski definition) is 1. The minimum absolute atomic E-state index is 0.0246. The van der Waals surface area contributed by atoms with Gasteiger partial charge in [-0.25, -0.2) is 9.97 Å². The van der Waals surface area contributed by atoms with E-state index >= 15 is 0 Å². The van der Waals surface area contributed by atoms with E-state index in [4.69, 9.17) is 22.2 Å². The molecule has 0 unspecified atom stereocenters. The summed E-state index contributed by atoms with van der Waals surface area (Å²) < 4.78 is 0. The number of amides is 1. The van der Waals surface area contributed by atoms with Crippen molar-refractivity contribution in [3.05, 3.63) is 54.9 Å². The fourth-order valence-corrected chi connectivity index (χ4v) is 5.72. The highest BCUT2D eigenvalue weighted by atomic mass is 32.1. The Bertz CT molecular complexity index is 1700. The lowest BCUT2D eigenvalue weighted by Crippen LogP contribution is -2.47. The van der Waals surface area contributed by atoms with E-state index in [2.05, 4.69) is 20.2 Å². The Morgan fingerprint density at radius 2 is 1.63 bits per heavy atom. The maximum absolute atomic E-state index is 12.9. The lowest BCUT2D eigenvalue weighted by atomic mass is 9.96. The summed E-state index contributed by atoms with van der Waals surface area (Å²) in [4.78, 5) is 36.1. The highest BCUT2D eigenvalue weighted by molar-refractivity contribution is 7.80. The zero-order valence-electron chi connectivity index (χ0n) is 21.5. The third kappa shape index (κ3) is 4.26. The van der Waals surface area contributed by atoms with Crippen molar-refractivity contribution in [2.24, 2.45) is 5.92 Å². The van der Waals surface area contributed by atoms with Crippen molar-refractivity contribution >= 4 is 72.8 Å². The van der Waals surface area contributed by atoms with E-state index in [0.717, 1.165) is 82.0 Å². The summed E-state index contributed by atoms with van der Waals surface area (Å²) in [7, 11) is 0. The number of anilines is 1. The largest absolute Gasteiger partial charge is 0.348 e. The number of likely N-dealkylation sites (tertiary alicyclic amines) is 1. The molecule has 2 aromatic carbocycles. The van der Waals surface area contributed by atoms with Crippen molar-refractivity contribution in [3.8, 4) is 0 Å². The number of nitrogens with one attached hydrogen (secondary N) is 1. The summed E-state index contributed by atoms with van der Waals surface area (Å²) in [5, 5.41) is 5.87. The topological polar surface area (TPSA) is 87.1 Å². The molecule has 38 heavy (non-hydrogen) atoms. The van der Waals surface area contributed by atoms with Crippen LogP contribution in [0.15, 0.2) is 54.9 Å². The molecule has 0 bridgehead atoms. The number of fused-ring (bicyclic) bond motifs is 7. The number of nitrogens with zero attached hydrogens (tertiary/aromatic N) is 6. The molecule has 0 aliphatic carbocycles. The molecule has 1 saturated heterocycles. The van der Waals surface area contributed by atoms with E-state index in [-0.39, 0.29) is 11.8 Å². The Morgan fingerprint density at radius 3 is 2.29 bits per heavy atom. The second-order valence-electron chi connectivity index (χ2n) is 9.65. The average molecular weight is 524 g/mol. The lowest BCUT2D eigenvalue weighted by Gasteiger charge is -2.36. The molecule has 1 fully saturated rings. The third-order valence-corrected chi connectivity index (χ3v) is 7.76. The first-order valence-corrected chi connectivity index (χ1v) is 13.6. The van der Waals surface area contributed by atoms with Crippen LogP contribution in [-0.4, -0.2) is 66.9 Å². The monoisotopic (exact) mass is 523 g/mol. The van der Waals surface area contributed by atoms with Crippen LogP contribution >= 0.6 is 12.2 Å².